The Morgan fingerprint density at radius 1 is 1.29 bits per heavy atom. The van der Waals surface area contributed by atoms with Crippen molar-refractivity contribution in [1.82, 2.24) is 0 Å². The molecule has 0 amide bonds. The normalized spacial score (nSPS) is 22.1. The Kier molecular flexibility index (Phi) is 4.38. The van der Waals surface area contributed by atoms with Crippen LogP contribution in [0.4, 0.5) is 0 Å². The predicted octanol–water partition coefficient (Wildman–Crippen LogP) is 2.46. The van der Waals surface area contributed by atoms with E-state index in [4.69, 9.17) is 4.18 Å². The zero-order valence-electron chi connectivity index (χ0n) is 9.03. The highest BCUT2D eigenvalue weighted by atomic mass is 32.2. The minimum atomic E-state index is -3.29. The smallest absolute Gasteiger partial charge is 0.267 e. The van der Waals surface area contributed by atoms with Gasteiger partial charge in [-0.25, -0.2) is 0 Å². The Morgan fingerprint density at radius 3 is 2.36 bits per heavy atom. The van der Waals surface area contributed by atoms with E-state index in [1.807, 2.05) is 6.92 Å². The van der Waals surface area contributed by atoms with Crippen LogP contribution >= 0.6 is 0 Å². The molecule has 1 aliphatic carbocycles. The fraction of sp³-hybridized carbons (Fsp3) is 1.00. The van der Waals surface area contributed by atoms with Crippen LogP contribution in [0.2, 0.25) is 0 Å². The van der Waals surface area contributed by atoms with Crippen LogP contribution in [0, 0.1) is 0 Å². The summed E-state index contributed by atoms with van der Waals surface area (Å²) in [7, 11) is -3.29. The summed E-state index contributed by atoms with van der Waals surface area (Å²) in [6.45, 7) is 3.74. The molecule has 0 aromatic rings. The maximum absolute atomic E-state index is 11.7. The number of hydrogen-bond acceptors (Lipinski definition) is 3. The number of hydrogen-bond donors (Lipinski definition) is 0. The molecule has 1 fully saturated rings. The van der Waals surface area contributed by atoms with E-state index < -0.39 is 10.1 Å². The standard InChI is InChI=1S/C10H20O3S/c1-3-9(2)13-14(11,12)10-7-5-4-6-8-10/h9-10H,3-8H2,1-2H3. The van der Waals surface area contributed by atoms with Crippen molar-refractivity contribution in [3.05, 3.63) is 0 Å². The highest BCUT2D eigenvalue weighted by Crippen LogP contribution is 2.25. The molecule has 0 spiro atoms. The average molecular weight is 220 g/mol. The van der Waals surface area contributed by atoms with Gasteiger partial charge in [-0.1, -0.05) is 26.2 Å². The lowest BCUT2D eigenvalue weighted by Gasteiger charge is -2.22. The first kappa shape index (κ1) is 12.0. The Labute approximate surface area is 87.0 Å². The molecule has 1 saturated carbocycles. The van der Waals surface area contributed by atoms with Gasteiger partial charge in [0.05, 0.1) is 11.4 Å². The highest BCUT2D eigenvalue weighted by molar-refractivity contribution is 7.87. The zero-order chi connectivity index (χ0) is 10.6. The van der Waals surface area contributed by atoms with Gasteiger partial charge in [0.2, 0.25) is 0 Å². The van der Waals surface area contributed by atoms with Gasteiger partial charge in [0.25, 0.3) is 10.1 Å². The van der Waals surface area contributed by atoms with Gasteiger partial charge in [0.15, 0.2) is 0 Å². The Bertz CT molecular complexity index is 253. The molecule has 0 saturated heterocycles. The van der Waals surface area contributed by atoms with Crippen LogP contribution in [-0.2, 0) is 14.3 Å². The summed E-state index contributed by atoms with van der Waals surface area (Å²) in [6, 6.07) is 0. The molecule has 84 valence electrons. The maximum Gasteiger partial charge on any atom is 0.270 e. The first-order valence-electron chi connectivity index (χ1n) is 5.48. The molecule has 0 heterocycles. The molecule has 4 heteroatoms. The fourth-order valence-corrected chi connectivity index (χ4v) is 3.39. The van der Waals surface area contributed by atoms with E-state index in [1.165, 1.54) is 0 Å². The SMILES string of the molecule is CCC(C)OS(=O)(=O)C1CCCCC1. The van der Waals surface area contributed by atoms with Gasteiger partial charge < -0.3 is 0 Å². The minimum Gasteiger partial charge on any atom is -0.267 e. The lowest BCUT2D eigenvalue weighted by molar-refractivity contribution is 0.217. The molecule has 1 aliphatic rings. The van der Waals surface area contributed by atoms with Gasteiger partial charge in [-0.2, -0.15) is 8.42 Å². The van der Waals surface area contributed by atoms with Crippen molar-refractivity contribution in [2.24, 2.45) is 0 Å². The second-order valence-electron chi connectivity index (χ2n) is 4.07. The van der Waals surface area contributed by atoms with E-state index in [0.717, 1.165) is 38.5 Å². The van der Waals surface area contributed by atoms with Gasteiger partial charge in [0, 0.05) is 0 Å². The molecule has 1 unspecified atom stereocenters. The van der Waals surface area contributed by atoms with Crippen LogP contribution in [0.1, 0.15) is 52.4 Å². The molecule has 0 aliphatic heterocycles. The van der Waals surface area contributed by atoms with Crippen LogP contribution < -0.4 is 0 Å². The van der Waals surface area contributed by atoms with E-state index in [-0.39, 0.29) is 11.4 Å². The van der Waals surface area contributed by atoms with Gasteiger partial charge >= 0.3 is 0 Å². The van der Waals surface area contributed by atoms with Crippen LogP contribution in [0.15, 0.2) is 0 Å². The molecule has 0 N–H and O–H groups in total. The van der Waals surface area contributed by atoms with Crippen LogP contribution in [0.5, 0.6) is 0 Å². The summed E-state index contributed by atoms with van der Waals surface area (Å²) >= 11 is 0. The Balaban J connectivity index is 2.54. The van der Waals surface area contributed by atoms with E-state index in [9.17, 15) is 8.42 Å². The second kappa shape index (κ2) is 5.12. The lowest BCUT2D eigenvalue weighted by atomic mass is 10.0. The first-order chi connectivity index (χ1) is 6.56. The monoisotopic (exact) mass is 220 g/mol. The molecular formula is C10H20O3S. The van der Waals surface area contributed by atoms with Crippen LogP contribution in [0.25, 0.3) is 0 Å². The largest absolute Gasteiger partial charge is 0.270 e. The highest BCUT2D eigenvalue weighted by Gasteiger charge is 2.29. The third kappa shape index (κ3) is 3.24. The summed E-state index contributed by atoms with van der Waals surface area (Å²) in [5, 5.41) is -0.245. The molecule has 14 heavy (non-hydrogen) atoms. The molecule has 0 bridgehead atoms. The van der Waals surface area contributed by atoms with Gasteiger partial charge in [-0.15, -0.1) is 0 Å². The quantitative estimate of drug-likeness (QED) is 0.684. The average Bonchev–Trinajstić information content (AvgIpc) is 2.18. The zero-order valence-corrected chi connectivity index (χ0v) is 9.85. The van der Waals surface area contributed by atoms with Crippen molar-refractivity contribution < 1.29 is 12.6 Å². The maximum atomic E-state index is 11.7. The third-order valence-corrected chi connectivity index (χ3v) is 4.72. The van der Waals surface area contributed by atoms with Gasteiger partial charge in [0.1, 0.15) is 0 Å². The van der Waals surface area contributed by atoms with Crippen molar-refractivity contribution in [2.45, 2.75) is 63.7 Å². The van der Waals surface area contributed by atoms with Crippen molar-refractivity contribution in [3.63, 3.8) is 0 Å². The Morgan fingerprint density at radius 2 is 1.86 bits per heavy atom. The molecule has 0 aromatic heterocycles. The summed E-state index contributed by atoms with van der Waals surface area (Å²) in [5.74, 6) is 0. The van der Waals surface area contributed by atoms with Crippen molar-refractivity contribution >= 4 is 10.1 Å². The molecule has 1 atom stereocenters. The Hall–Kier alpha value is -0.0900. The van der Waals surface area contributed by atoms with Crippen molar-refractivity contribution in [1.29, 1.82) is 0 Å². The predicted molar refractivity (Wildman–Crippen MR) is 56.6 cm³/mol. The van der Waals surface area contributed by atoms with E-state index in [1.54, 1.807) is 6.92 Å². The molecule has 0 aromatic carbocycles. The molecule has 3 nitrogen and oxygen atoms in total. The van der Waals surface area contributed by atoms with Crippen LogP contribution in [-0.4, -0.2) is 19.8 Å². The van der Waals surface area contributed by atoms with E-state index in [2.05, 4.69) is 0 Å². The summed E-state index contributed by atoms with van der Waals surface area (Å²) < 4.78 is 28.6. The third-order valence-electron chi connectivity index (χ3n) is 2.83. The summed E-state index contributed by atoms with van der Waals surface area (Å²) in [5.41, 5.74) is 0. The summed E-state index contributed by atoms with van der Waals surface area (Å²) in [6.07, 6.45) is 5.32. The molecule has 1 rings (SSSR count). The first-order valence-corrected chi connectivity index (χ1v) is 6.95. The van der Waals surface area contributed by atoms with Gasteiger partial charge in [-0.3, -0.25) is 4.18 Å². The fourth-order valence-electron chi connectivity index (χ4n) is 1.73. The van der Waals surface area contributed by atoms with Crippen LogP contribution in [0.3, 0.4) is 0 Å². The topological polar surface area (TPSA) is 43.4 Å². The second-order valence-corrected chi connectivity index (χ2v) is 5.91. The van der Waals surface area contributed by atoms with E-state index >= 15 is 0 Å². The van der Waals surface area contributed by atoms with Gasteiger partial charge in [-0.05, 0) is 26.2 Å². The van der Waals surface area contributed by atoms with Crippen molar-refractivity contribution in [3.8, 4) is 0 Å². The lowest BCUT2D eigenvalue weighted by Crippen LogP contribution is -2.28. The molecule has 0 radical (unpaired) electrons. The minimum absolute atomic E-state index is 0.179. The van der Waals surface area contributed by atoms with E-state index in [0.29, 0.717) is 0 Å². The molecular weight excluding hydrogens is 200 g/mol. The summed E-state index contributed by atoms with van der Waals surface area (Å²) in [4.78, 5) is 0. The van der Waals surface area contributed by atoms with Crippen molar-refractivity contribution in [2.75, 3.05) is 0 Å². The number of rotatable bonds is 4.